The van der Waals surface area contributed by atoms with Gasteiger partial charge in [-0.3, -0.25) is 5.32 Å². The van der Waals surface area contributed by atoms with E-state index in [0.29, 0.717) is 5.02 Å². The summed E-state index contributed by atoms with van der Waals surface area (Å²) >= 11 is 5.96. The molecule has 0 spiro atoms. The van der Waals surface area contributed by atoms with Gasteiger partial charge in [-0.05, 0) is 12.1 Å². The first-order valence-corrected chi connectivity index (χ1v) is 3.94. The molecule has 61 valence electrons. The number of ether oxygens (including phenoxy) is 1. The van der Waals surface area contributed by atoms with Gasteiger partial charge in [0, 0.05) is 17.8 Å². The van der Waals surface area contributed by atoms with Crippen LogP contribution in [0.25, 0.3) is 6.08 Å². The lowest BCUT2D eigenvalue weighted by Gasteiger charge is -2.04. The normalized spacial score (nSPS) is 12.5. The van der Waals surface area contributed by atoms with Gasteiger partial charge in [-0.15, -0.1) is 0 Å². The molecule has 12 heavy (non-hydrogen) atoms. The first-order valence-electron chi connectivity index (χ1n) is 3.56. The molecule has 0 N–H and O–H groups in total. The summed E-state index contributed by atoms with van der Waals surface area (Å²) < 4.78 is 5.05. The van der Waals surface area contributed by atoms with Crippen molar-refractivity contribution in [1.82, 2.24) is 5.32 Å². The van der Waals surface area contributed by atoms with Gasteiger partial charge in [-0.25, -0.2) is 0 Å². The number of hydrogen-bond acceptors (Lipinski definition) is 1. The molecule has 0 unspecified atom stereocenters. The van der Waals surface area contributed by atoms with Crippen molar-refractivity contribution in [2.75, 3.05) is 7.11 Å². The van der Waals surface area contributed by atoms with Crippen molar-refractivity contribution in [1.29, 1.82) is 0 Å². The van der Waals surface area contributed by atoms with E-state index in [1.807, 2.05) is 12.1 Å². The average Bonchev–Trinajstić information content (AvgIpc) is 2.52. The molecule has 1 aromatic rings. The lowest BCUT2D eigenvalue weighted by atomic mass is 10.2. The second kappa shape index (κ2) is 2.72. The van der Waals surface area contributed by atoms with E-state index in [4.69, 9.17) is 16.3 Å². The predicted octanol–water partition coefficient (Wildman–Crippen LogP) is 2.57. The molecule has 0 aromatic heterocycles. The minimum absolute atomic E-state index is 0.682. The number of hydrogen-bond donors (Lipinski definition) is 0. The third-order valence-electron chi connectivity index (χ3n) is 1.77. The molecule has 2 rings (SSSR count). The number of benzene rings is 1. The Labute approximate surface area is 75.8 Å². The largest absolute Gasteiger partial charge is 0.497 e. The second-order valence-corrected chi connectivity index (χ2v) is 2.89. The van der Waals surface area contributed by atoms with E-state index in [0.717, 1.165) is 17.0 Å². The fraction of sp³-hybridized carbons (Fsp3) is 0.111. The maximum Gasteiger partial charge on any atom is 0.122 e. The van der Waals surface area contributed by atoms with Crippen LogP contribution in [0.15, 0.2) is 18.3 Å². The van der Waals surface area contributed by atoms with Gasteiger partial charge in [-0.1, -0.05) is 11.6 Å². The SMILES string of the molecule is COc1cc(Cl)c2c(c1)[N]C=C2. The fourth-order valence-electron chi connectivity index (χ4n) is 1.16. The molecule has 0 saturated heterocycles. The molecule has 1 aliphatic rings. The first kappa shape index (κ1) is 7.50. The Bertz CT molecular complexity index is 347. The molecule has 2 nitrogen and oxygen atoms in total. The lowest BCUT2D eigenvalue weighted by molar-refractivity contribution is 0.415. The summed E-state index contributed by atoms with van der Waals surface area (Å²) in [5.41, 5.74) is 1.84. The summed E-state index contributed by atoms with van der Waals surface area (Å²) in [6, 6.07) is 3.65. The van der Waals surface area contributed by atoms with E-state index < -0.39 is 0 Å². The highest BCUT2D eigenvalue weighted by atomic mass is 35.5. The van der Waals surface area contributed by atoms with E-state index in [-0.39, 0.29) is 0 Å². The number of methoxy groups -OCH3 is 1. The molecule has 0 fully saturated rings. The van der Waals surface area contributed by atoms with Gasteiger partial charge in [0.05, 0.1) is 17.8 Å². The quantitative estimate of drug-likeness (QED) is 0.652. The van der Waals surface area contributed by atoms with Crippen molar-refractivity contribution < 1.29 is 4.74 Å². The van der Waals surface area contributed by atoms with Crippen LogP contribution in [0.5, 0.6) is 5.75 Å². The number of halogens is 1. The molecule has 1 radical (unpaired) electrons. The van der Waals surface area contributed by atoms with Gasteiger partial charge in [0.1, 0.15) is 5.75 Å². The molecule has 0 aliphatic carbocycles. The highest BCUT2D eigenvalue weighted by Crippen LogP contribution is 2.34. The fourth-order valence-corrected chi connectivity index (χ4v) is 1.43. The van der Waals surface area contributed by atoms with Crippen molar-refractivity contribution in [3.8, 4) is 5.75 Å². The lowest BCUT2D eigenvalue weighted by Crippen LogP contribution is -1.87. The summed E-state index contributed by atoms with van der Waals surface area (Å²) in [6.45, 7) is 0. The molecule has 0 bridgehead atoms. The zero-order valence-corrected chi connectivity index (χ0v) is 7.30. The zero-order valence-electron chi connectivity index (χ0n) is 6.54. The second-order valence-electron chi connectivity index (χ2n) is 2.49. The van der Waals surface area contributed by atoms with E-state index in [2.05, 4.69) is 5.32 Å². The Kier molecular flexibility index (Phi) is 1.70. The van der Waals surface area contributed by atoms with Crippen molar-refractivity contribution in [3.63, 3.8) is 0 Å². The van der Waals surface area contributed by atoms with E-state index in [1.54, 1.807) is 19.4 Å². The minimum atomic E-state index is 0.682. The molecule has 1 aliphatic heterocycles. The molecule has 3 heteroatoms. The topological polar surface area (TPSA) is 23.3 Å². The van der Waals surface area contributed by atoms with Crippen molar-refractivity contribution in [2.45, 2.75) is 0 Å². The maximum atomic E-state index is 5.96. The van der Waals surface area contributed by atoms with Crippen molar-refractivity contribution in [2.24, 2.45) is 0 Å². The molecule has 0 saturated carbocycles. The Morgan fingerprint density at radius 1 is 1.42 bits per heavy atom. The number of nitrogens with zero attached hydrogens (tertiary/aromatic N) is 1. The van der Waals surface area contributed by atoms with Crippen LogP contribution in [0.2, 0.25) is 5.02 Å². The van der Waals surface area contributed by atoms with E-state index in [9.17, 15) is 0 Å². The van der Waals surface area contributed by atoms with E-state index in [1.165, 1.54) is 0 Å². The predicted molar refractivity (Wildman–Crippen MR) is 48.8 cm³/mol. The molecular formula is C9H7ClNO. The smallest absolute Gasteiger partial charge is 0.122 e. The van der Waals surface area contributed by atoms with Gasteiger partial charge in [-0.2, -0.15) is 0 Å². The van der Waals surface area contributed by atoms with Gasteiger partial charge in [0.2, 0.25) is 0 Å². The Balaban J connectivity index is 2.56. The van der Waals surface area contributed by atoms with Gasteiger partial charge in [0.25, 0.3) is 0 Å². The summed E-state index contributed by atoms with van der Waals surface area (Å²) in [4.78, 5) is 0. The first-order chi connectivity index (χ1) is 5.81. The van der Waals surface area contributed by atoms with Crippen LogP contribution in [-0.4, -0.2) is 7.11 Å². The highest BCUT2D eigenvalue weighted by molar-refractivity contribution is 6.32. The molecule has 1 aromatic carbocycles. The van der Waals surface area contributed by atoms with Gasteiger partial charge in [0.15, 0.2) is 0 Å². The van der Waals surface area contributed by atoms with E-state index >= 15 is 0 Å². The maximum absolute atomic E-state index is 5.96. The van der Waals surface area contributed by atoms with Gasteiger partial charge >= 0.3 is 0 Å². The molecule has 1 heterocycles. The van der Waals surface area contributed by atoms with Gasteiger partial charge < -0.3 is 4.74 Å². The summed E-state index contributed by atoms with van der Waals surface area (Å²) in [5.74, 6) is 0.742. The Hall–Kier alpha value is -1.15. The molecular weight excluding hydrogens is 174 g/mol. The van der Waals surface area contributed by atoms with Crippen LogP contribution >= 0.6 is 11.6 Å². The Morgan fingerprint density at radius 2 is 2.25 bits per heavy atom. The monoisotopic (exact) mass is 180 g/mol. The van der Waals surface area contributed by atoms with Crippen LogP contribution in [0, 0.1) is 0 Å². The number of fused-ring (bicyclic) bond motifs is 1. The van der Waals surface area contributed by atoms with Crippen LogP contribution in [-0.2, 0) is 0 Å². The number of rotatable bonds is 1. The standard InChI is InChI=1S/C9H7ClNO/c1-12-6-4-8(10)7-2-3-11-9(7)5-6/h2-5H,1H3. The van der Waals surface area contributed by atoms with Crippen molar-refractivity contribution >= 4 is 23.4 Å². The zero-order chi connectivity index (χ0) is 8.55. The molecule has 0 amide bonds. The summed E-state index contributed by atoms with van der Waals surface area (Å²) in [6.07, 6.45) is 3.62. The summed E-state index contributed by atoms with van der Waals surface area (Å²) in [5, 5.41) is 4.81. The minimum Gasteiger partial charge on any atom is -0.497 e. The van der Waals surface area contributed by atoms with Crippen LogP contribution in [0.4, 0.5) is 5.69 Å². The van der Waals surface area contributed by atoms with Crippen LogP contribution in [0.1, 0.15) is 5.56 Å². The van der Waals surface area contributed by atoms with Crippen LogP contribution < -0.4 is 10.1 Å². The Morgan fingerprint density at radius 3 is 3.00 bits per heavy atom. The highest BCUT2D eigenvalue weighted by Gasteiger charge is 2.11. The van der Waals surface area contributed by atoms with Crippen molar-refractivity contribution in [3.05, 3.63) is 28.9 Å². The summed E-state index contributed by atoms with van der Waals surface area (Å²) in [7, 11) is 1.61. The van der Waals surface area contributed by atoms with Crippen LogP contribution in [0.3, 0.4) is 0 Å². The average molecular weight is 181 g/mol. The molecule has 0 atom stereocenters. The third kappa shape index (κ3) is 1.04. The third-order valence-corrected chi connectivity index (χ3v) is 2.08.